The molecule has 0 saturated heterocycles. The minimum Gasteiger partial charge on any atom is -1.00 e. The number of aromatic nitrogens is 2. The van der Waals surface area contributed by atoms with Crippen molar-refractivity contribution in [2.24, 2.45) is 0 Å². The van der Waals surface area contributed by atoms with E-state index in [0.29, 0.717) is 0 Å². The number of aromatic amines is 1. The molecule has 1 aromatic carbocycles. The van der Waals surface area contributed by atoms with Crippen LogP contribution in [-0.4, -0.2) is 4.98 Å². The minimum atomic E-state index is 0. The fourth-order valence-electron chi connectivity index (χ4n) is 1.02. The van der Waals surface area contributed by atoms with Crippen LogP contribution in [0.25, 0.3) is 0 Å². The van der Waals surface area contributed by atoms with Crippen LogP contribution in [0.5, 0.6) is 0 Å². The van der Waals surface area contributed by atoms with Gasteiger partial charge in [0.25, 0.3) is 6.33 Å². The zero-order valence-electron chi connectivity index (χ0n) is 6.94. The van der Waals surface area contributed by atoms with E-state index in [1.807, 2.05) is 53.7 Å². The zero-order chi connectivity index (χ0) is 8.23. The van der Waals surface area contributed by atoms with Gasteiger partial charge in [-0.1, -0.05) is 18.2 Å². The number of hydrogen-bond donors (Lipinski definition) is 2. The van der Waals surface area contributed by atoms with Crippen LogP contribution < -0.4 is 22.5 Å². The van der Waals surface area contributed by atoms with Crippen LogP contribution in [0, 0.1) is 0 Å². The molecule has 0 bridgehead atoms. The summed E-state index contributed by atoms with van der Waals surface area (Å²) in [7, 11) is 0. The molecule has 2 N–H and O–H groups in total. The van der Waals surface area contributed by atoms with E-state index in [1.54, 1.807) is 0 Å². The second kappa shape index (κ2) is 4.52. The Morgan fingerprint density at radius 2 is 1.92 bits per heavy atom. The molecule has 0 unspecified atom stereocenters. The fraction of sp³-hybridized carbons (Fsp3) is 0. The SMILES string of the molecule is [Cl-].c1ccc(N[n+]2cc[nH]c2)cc1. The molecule has 2 rings (SSSR count). The lowest BCUT2D eigenvalue weighted by Crippen LogP contribution is -3.00. The van der Waals surface area contributed by atoms with Gasteiger partial charge in [0.2, 0.25) is 0 Å². The van der Waals surface area contributed by atoms with Crippen LogP contribution in [0.4, 0.5) is 5.69 Å². The number of nitrogens with zero attached hydrogens (tertiary/aromatic N) is 1. The summed E-state index contributed by atoms with van der Waals surface area (Å²) in [6, 6.07) is 10.0. The number of halogens is 1. The molecular formula is C9H10ClN3. The van der Waals surface area contributed by atoms with Crippen LogP contribution in [0.15, 0.2) is 49.1 Å². The lowest BCUT2D eigenvalue weighted by molar-refractivity contribution is -0.641. The summed E-state index contributed by atoms with van der Waals surface area (Å²) in [5, 5.41) is 0. The highest BCUT2D eigenvalue weighted by molar-refractivity contribution is 5.39. The maximum Gasteiger partial charge on any atom is 0.265 e. The van der Waals surface area contributed by atoms with Crippen molar-refractivity contribution >= 4 is 5.69 Å². The zero-order valence-corrected chi connectivity index (χ0v) is 7.70. The lowest BCUT2D eigenvalue weighted by Gasteiger charge is -1.98. The third-order valence-electron chi connectivity index (χ3n) is 1.58. The fourth-order valence-corrected chi connectivity index (χ4v) is 1.02. The Labute approximate surface area is 82.8 Å². The first-order chi connectivity index (χ1) is 5.95. The maximum absolute atomic E-state index is 3.17. The minimum absolute atomic E-state index is 0. The Morgan fingerprint density at radius 3 is 2.54 bits per heavy atom. The van der Waals surface area contributed by atoms with Crippen molar-refractivity contribution in [2.45, 2.75) is 0 Å². The number of H-pyrrole nitrogens is 1. The van der Waals surface area contributed by atoms with Crippen molar-refractivity contribution in [2.75, 3.05) is 5.43 Å². The van der Waals surface area contributed by atoms with Crippen molar-refractivity contribution in [3.63, 3.8) is 0 Å². The van der Waals surface area contributed by atoms with E-state index in [2.05, 4.69) is 10.4 Å². The highest BCUT2D eigenvalue weighted by Gasteiger charge is 1.94. The number of imidazole rings is 1. The van der Waals surface area contributed by atoms with Crippen molar-refractivity contribution in [3.8, 4) is 0 Å². The lowest BCUT2D eigenvalue weighted by atomic mass is 10.3. The molecule has 1 heterocycles. The molecule has 0 aliphatic rings. The van der Waals surface area contributed by atoms with Crippen LogP contribution in [0.1, 0.15) is 0 Å². The number of nitrogens with one attached hydrogen (secondary N) is 2. The summed E-state index contributed by atoms with van der Waals surface area (Å²) >= 11 is 0. The van der Waals surface area contributed by atoms with Gasteiger partial charge in [-0.25, -0.2) is 10.4 Å². The van der Waals surface area contributed by atoms with Crippen molar-refractivity contribution in [1.82, 2.24) is 4.98 Å². The van der Waals surface area contributed by atoms with Crippen molar-refractivity contribution in [1.29, 1.82) is 0 Å². The monoisotopic (exact) mass is 195 g/mol. The Balaban J connectivity index is 0.000000845. The van der Waals surface area contributed by atoms with Gasteiger partial charge in [-0.3, -0.25) is 0 Å². The van der Waals surface area contributed by atoms with Crippen LogP contribution in [0.2, 0.25) is 0 Å². The molecule has 1 aromatic heterocycles. The van der Waals surface area contributed by atoms with E-state index >= 15 is 0 Å². The maximum atomic E-state index is 3.17. The molecule has 0 radical (unpaired) electrons. The van der Waals surface area contributed by atoms with Crippen molar-refractivity contribution in [3.05, 3.63) is 49.1 Å². The normalized spacial score (nSPS) is 8.92. The molecule has 0 spiro atoms. The Hall–Kier alpha value is -1.48. The first-order valence-corrected chi connectivity index (χ1v) is 3.81. The summed E-state index contributed by atoms with van der Waals surface area (Å²) in [5.41, 5.74) is 4.24. The van der Waals surface area contributed by atoms with Crippen LogP contribution in [0.3, 0.4) is 0 Å². The predicted molar refractivity (Wildman–Crippen MR) is 46.5 cm³/mol. The number of para-hydroxylation sites is 1. The Morgan fingerprint density at radius 1 is 1.15 bits per heavy atom. The standard InChI is InChI=1S/C9H9N3.ClH/c1-2-4-9(5-3-1)11-12-7-6-10-8-12;/h1-8,11H;1H. The third kappa shape index (κ3) is 2.49. The van der Waals surface area contributed by atoms with Crippen molar-refractivity contribution < 1.29 is 17.1 Å². The molecule has 0 aliphatic heterocycles. The van der Waals surface area contributed by atoms with Crippen LogP contribution in [-0.2, 0) is 0 Å². The van der Waals surface area contributed by atoms with Gasteiger partial charge in [-0.05, 0) is 12.1 Å². The first kappa shape index (κ1) is 9.61. The summed E-state index contributed by atoms with van der Waals surface area (Å²) in [6.45, 7) is 0. The van der Waals surface area contributed by atoms with E-state index in [-0.39, 0.29) is 12.4 Å². The van der Waals surface area contributed by atoms with Gasteiger partial charge in [-0.2, -0.15) is 0 Å². The second-order valence-corrected chi connectivity index (χ2v) is 2.50. The molecule has 2 aromatic rings. The smallest absolute Gasteiger partial charge is 0.265 e. The summed E-state index contributed by atoms with van der Waals surface area (Å²) in [4.78, 5) is 2.95. The largest absolute Gasteiger partial charge is 1.00 e. The van der Waals surface area contributed by atoms with E-state index in [9.17, 15) is 0 Å². The van der Waals surface area contributed by atoms with E-state index in [1.165, 1.54) is 0 Å². The average molecular weight is 196 g/mol. The summed E-state index contributed by atoms with van der Waals surface area (Å²) in [5.74, 6) is 0. The van der Waals surface area contributed by atoms with Gasteiger partial charge in [-0.15, -0.1) is 4.68 Å². The molecule has 3 nitrogen and oxygen atoms in total. The number of hydrogen-bond acceptors (Lipinski definition) is 1. The van der Waals surface area contributed by atoms with E-state index < -0.39 is 0 Å². The summed E-state index contributed by atoms with van der Waals surface area (Å²) < 4.78 is 1.86. The summed E-state index contributed by atoms with van der Waals surface area (Å²) in [6.07, 6.45) is 5.61. The van der Waals surface area contributed by atoms with Gasteiger partial charge in [0.15, 0.2) is 6.20 Å². The van der Waals surface area contributed by atoms with E-state index in [0.717, 1.165) is 5.69 Å². The molecule has 68 valence electrons. The average Bonchev–Trinajstić information content (AvgIpc) is 2.59. The molecule has 0 atom stereocenters. The third-order valence-corrected chi connectivity index (χ3v) is 1.58. The Kier molecular flexibility index (Phi) is 3.34. The highest BCUT2D eigenvalue weighted by atomic mass is 35.5. The topological polar surface area (TPSA) is 31.7 Å². The highest BCUT2D eigenvalue weighted by Crippen LogP contribution is 2.01. The van der Waals surface area contributed by atoms with E-state index in [4.69, 9.17) is 0 Å². The molecule has 0 aliphatic carbocycles. The molecule has 0 fully saturated rings. The van der Waals surface area contributed by atoms with Gasteiger partial charge >= 0.3 is 0 Å². The molecular weight excluding hydrogens is 186 g/mol. The number of anilines is 1. The predicted octanol–water partition coefficient (Wildman–Crippen LogP) is -1.82. The van der Waals surface area contributed by atoms with Gasteiger partial charge < -0.3 is 12.4 Å². The second-order valence-electron chi connectivity index (χ2n) is 2.50. The molecule has 0 amide bonds. The molecule has 0 saturated carbocycles. The van der Waals surface area contributed by atoms with Crippen LogP contribution >= 0.6 is 0 Å². The molecule has 4 heteroatoms. The quantitative estimate of drug-likeness (QED) is 0.544. The Bertz CT molecular complexity index is 331. The number of benzene rings is 1. The number of rotatable bonds is 2. The van der Waals surface area contributed by atoms with Gasteiger partial charge in [0.1, 0.15) is 6.20 Å². The van der Waals surface area contributed by atoms with Gasteiger partial charge in [0, 0.05) is 0 Å². The first-order valence-electron chi connectivity index (χ1n) is 3.81. The van der Waals surface area contributed by atoms with Gasteiger partial charge in [0.05, 0.1) is 5.69 Å². The molecule has 13 heavy (non-hydrogen) atoms.